The number of hydrogen-bond donors (Lipinski definition) is 2. The second-order valence-corrected chi connectivity index (χ2v) is 6.20. The lowest BCUT2D eigenvalue weighted by Crippen LogP contribution is -2.16. The highest BCUT2D eigenvalue weighted by atomic mass is 16.5. The van der Waals surface area contributed by atoms with E-state index in [4.69, 9.17) is 14.2 Å². The van der Waals surface area contributed by atoms with Crippen molar-refractivity contribution in [3.8, 4) is 23.0 Å². The molecule has 0 spiro atoms. The van der Waals surface area contributed by atoms with Crippen molar-refractivity contribution in [2.45, 2.75) is 6.42 Å². The Morgan fingerprint density at radius 1 is 0.793 bits per heavy atom. The van der Waals surface area contributed by atoms with Gasteiger partial charge in [-0.1, -0.05) is 30.3 Å². The van der Waals surface area contributed by atoms with Gasteiger partial charge in [0.25, 0.3) is 0 Å². The Morgan fingerprint density at radius 3 is 2.31 bits per heavy atom. The zero-order valence-corrected chi connectivity index (χ0v) is 16.5. The lowest BCUT2D eigenvalue weighted by atomic mass is 10.2. The Labute approximate surface area is 170 Å². The molecule has 2 N–H and O–H groups in total. The molecule has 0 saturated carbocycles. The molecule has 0 aliphatic rings. The maximum atomic E-state index is 12.4. The SMILES string of the molecule is COc1ccc(OC)c(NCCC(=O)Nc2ccccc2Oc2ccccc2)c1. The summed E-state index contributed by atoms with van der Waals surface area (Å²) in [5.41, 5.74) is 1.40. The molecule has 3 aromatic rings. The number of ether oxygens (including phenoxy) is 3. The number of rotatable bonds is 9. The molecule has 3 rings (SSSR count). The van der Waals surface area contributed by atoms with E-state index in [0.29, 0.717) is 35.2 Å². The predicted octanol–water partition coefficient (Wildman–Crippen LogP) is 4.94. The third-order valence-corrected chi connectivity index (χ3v) is 4.21. The molecule has 0 aromatic heterocycles. The van der Waals surface area contributed by atoms with Gasteiger partial charge in [0, 0.05) is 19.0 Å². The minimum absolute atomic E-state index is 0.122. The van der Waals surface area contributed by atoms with Crippen LogP contribution in [0.5, 0.6) is 23.0 Å². The number of nitrogens with one attached hydrogen (secondary N) is 2. The molecule has 0 unspecified atom stereocenters. The van der Waals surface area contributed by atoms with Crippen molar-refractivity contribution in [2.24, 2.45) is 0 Å². The molecular formula is C23H24N2O4. The number of amides is 1. The fourth-order valence-corrected chi connectivity index (χ4v) is 2.75. The Kier molecular flexibility index (Phi) is 6.95. The summed E-state index contributed by atoms with van der Waals surface area (Å²) in [4.78, 5) is 12.4. The summed E-state index contributed by atoms with van der Waals surface area (Å²) in [6.07, 6.45) is 0.278. The third-order valence-electron chi connectivity index (χ3n) is 4.21. The first-order chi connectivity index (χ1) is 14.2. The molecule has 0 aliphatic carbocycles. The molecule has 0 saturated heterocycles. The van der Waals surface area contributed by atoms with Gasteiger partial charge in [-0.25, -0.2) is 0 Å². The second kappa shape index (κ2) is 10.0. The maximum Gasteiger partial charge on any atom is 0.226 e. The zero-order valence-electron chi connectivity index (χ0n) is 16.5. The number of benzene rings is 3. The van der Waals surface area contributed by atoms with Crippen LogP contribution >= 0.6 is 0 Å². The summed E-state index contributed by atoms with van der Waals surface area (Å²) in [6.45, 7) is 0.442. The van der Waals surface area contributed by atoms with Crippen LogP contribution in [0.1, 0.15) is 6.42 Å². The monoisotopic (exact) mass is 392 g/mol. The number of methoxy groups -OCH3 is 2. The van der Waals surface area contributed by atoms with Crippen LogP contribution in [0.3, 0.4) is 0 Å². The summed E-state index contributed by atoms with van der Waals surface area (Å²) in [7, 11) is 3.21. The first-order valence-electron chi connectivity index (χ1n) is 9.27. The Bertz CT molecular complexity index is 945. The van der Waals surface area contributed by atoms with Gasteiger partial charge in [-0.15, -0.1) is 0 Å². The molecule has 0 fully saturated rings. The summed E-state index contributed by atoms with van der Waals surface area (Å²) in [6, 6.07) is 22.3. The van der Waals surface area contributed by atoms with Crippen LogP contribution in [0.4, 0.5) is 11.4 Å². The van der Waals surface area contributed by atoms with Crippen molar-refractivity contribution >= 4 is 17.3 Å². The molecule has 0 bridgehead atoms. The van der Waals surface area contributed by atoms with Crippen LogP contribution in [-0.4, -0.2) is 26.7 Å². The third kappa shape index (κ3) is 5.65. The molecule has 150 valence electrons. The van der Waals surface area contributed by atoms with Crippen LogP contribution in [0.25, 0.3) is 0 Å². The second-order valence-electron chi connectivity index (χ2n) is 6.20. The van der Waals surface area contributed by atoms with Crippen molar-refractivity contribution in [1.82, 2.24) is 0 Å². The summed E-state index contributed by atoms with van der Waals surface area (Å²) in [5, 5.41) is 6.12. The quantitative estimate of drug-likeness (QED) is 0.540. The highest BCUT2D eigenvalue weighted by molar-refractivity contribution is 5.92. The molecule has 3 aromatic carbocycles. The molecule has 0 aliphatic heterocycles. The molecule has 0 radical (unpaired) electrons. The van der Waals surface area contributed by atoms with Gasteiger partial charge in [-0.05, 0) is 36.4 Å². The lowest BCUT2D eigenvalue weighted by Gasteiger charge is -2.14. The van der Waals surface area contributed by atoms with Gasteiger partial charge >= 0.3 is 0 Å². The van der Waals surface area contributed by atoms with E-state index in [9.17, 15) is 4.79 Å². The zero-order chi connectivity index (χ0) is 20.5. The summed E-state index contributed by atoms with van der Waals surface area (Å²) < 4.78 is 16.4. The molecular weight excluding hydrogens is 368 g/mol. The largest absolute Gasteiger partial charge is 0.497 e. The van der Waals surface area contributed by atoms with Crippen molar-refractivity contribution in [3.63, 3.8) is 0 Å². The Hall–Kier alpha value is -3.67. The number of hydrogen-bond acceptors (Lipinski definition) is 5. The van der Waals surface area contributed by atoms with Crippen LogP contribution in [-0.2, 0) is 4.79 Å². The van der Waals surface area contributed by atoms with E-state index in [-0.39, 0.29) is 12.3 Å². The number of carbonyl (C=O) groups excluding carboxylic acids is 1. The van der Waals surface area contributed by atoms with E-state index in [0.717, 1.165) is 5.69 Å². The van der Waals surface area contributed by atoms with Crippen molar-refractivity contribution < 1.29 is 19.0 Å². The van der Waals surface area contributed by atoms with Gasteiger partial charge in [0.05, 0.1) is 25.6 Å². The van der Waals surface area contributed by atoms with Crippen molar-refractivity contribution in [3.05, 3.63) is 72.8 Å². The van der Waals surface area contributed by atoms with Crippen LogP contribution in [0.15, 0.2) is 72.8 Å². The molecule has 6 heteroatoms. The summed E-state index contributed by atoms with van der Waals surface area (Å²) in [5.74, 6) is 2.58. The predicted molar refractivity (Wildman–Crippen MR) is 114 cm³/mol. The molecule has 1 amide bonds. The molecule has 0 atom stereocenters. The Morgan fingerprint density at radius 2 is 1.55 bits per heavy atom. The number of carbonyl (C=O) groups is 1. The van der Waals surface area contributed by atoms with Crippen LogP contribution in [0, 0.1) is 0 Å². The highest BCUT2D eigenvalue weighted by Gasteiger charge is 2.10. The van der Waals surface area contributed by atoms with E-state index in [2.05, 4.69) is 10.6 Å². The average Bonchev–Trinajstić information content (AvgIpc) is 2.75. The van der Waals surface area contributed by atoms with Crippen LogP contribution in [0.2, 0.25) is 0 Å². The van der Waals surface area contributed by atoms with E-state index in [1.807, 2.05) is 72.8 Å². The minimum Gasteiger partial charge on any atom is -0.497 e. The standard InChI is InChI=1S/C23H24N2O4/c1-27-18-12-13-21(28-2)20(16-18)24-15-14-23(26)25-19-10-6-7-11-22(19)29-17-8-4-3-5-9-17/h3-13,16,24H,14-15H2,1-2H3,(H,25,26). The Balaban J connectivity index is 1.58. The van der Waals surface area contributed by atoms with Gasteiger partial charge < -0.3 is 24.8 Å². The first-order valence-corrected chi connectivity index (χ1v) is 9.27. The average molecular weight is 392 g/mol. The normalized spacial score (nSPS) is 10.1. The van der Waals surface area contributed by atoms with Gasteiger partial charge in [0.15, 0.2) is 5.75 Å². The van der Waals surface area contributed by atoms with Gasteiger partial charge in [0.1, 0.15) is 17.2 Å². The van der Waals surface area contributed by atoms with Gasteiger partial charge in [-0.2, -0.15) is 0 Å². The lowest BCUT2D eigenvalue weighted by molar-refractivity contribution is -0.116. The first kappa shape index (κ1) is 20.1. The summed E-state index contributed by atoms with van der Waals surface area (Å²) >= 11 is 0. The van der Waals surface area contributed by atoms with E-state index in [1.165, 1.54) is 0 Å². The number of para-hydroxylation sites is 3. The highest BCUT2D eigenvalue weighted by Crippen LogP contribution is 2.30. The van der Waals surface area contributed by atoms with E-state index in [1.54, 1.807) is 14.2 Å². The van der Waals surface area contributed by atoms with Crippen molar-refractivity contribution in [1.29, 1.82) is 0 Å². The minimum atomic E-state index is -0.122. The van der Waals surface area contributed by atoms with E-state index >= 15 is 0 Å². The number of anilines is 2. The smallest absolute Gasteiger partial charge is 0.226 e. The topological polar surface area (TPSA) is 68.8 Å². The molecule has 6 nitrogen and oxygen atoms in total. The van der Waals surface area contributed by atoms with Crippen LogP contribution < -0.4 is 24.8 Å². The fourth-order valence-electron chi connectivity index (χ4n) is 2.75. The molecule has 29 heavy (non-hydrogen) atoms. The maximum absolute atomic E-state index is 12.4. The fraction of sp³-hybridized carbons (Fsp3) is 0.174. The van der Waals surface area contributed by atoms with Gasteiger partial charge in [0.2, 0.25) is 5.91 Å². The molecule has 0 heterocycles. The van der Waals surface area contributed by atoms with Crippen molar-refractivity contribution in [2.75, 3.05) is 31.4 Å². The van der Waals surface area contributed by atoms with Gasteiger partial charge in [-0.3, -0.25) is 4.79 Å². The van der Waals surface area contributed by atoms with E-state index < -0.39 is 0 Å².